The van der Waals surface area contributed by atoms with Crippen molar-refractivity contribution in [1.29, 1.82) is 0 Å². The molecule has 2 amide bonds. The van der Waals surface area contributed by atoms with Gasteiger partial charge in [-0.25, -0.2) is 0 Å². The van der Waals surface area contributed by atoms with Crippen LogP contribution < -0.4 is 5.32 Å². The van der Waals surface area contributed by atoms with Gasteiger partial charge in [0.05, 0.1) is 19.6 Å². The summed E-state index contributed by atoms with van der Waals surface area (Å²) in [6, 6.07) is -0.00149. The zero-order chi connectivity index (χ0) is 16.9. The topological polar surface area (TPSA) is 61.9 Å². The molecule has 6 nitrogen and oxygen atoms in total. The molecule has 1 atom stereocenters. The number of amides is 2. The summed E-state index contributed by atoms with van der Waals surface area (Å²) in [7, 11) is 0. The van der Waals surface area contributed by atoms with Crippen LogP contribution in [0.4, 0.5) is 13.2 Å². The lowest BCUT2D eigenvalue weighted by Gasteiger charge is -2.41. The van der Waals surface area contributed by atoms with Crippen molar-refractivity contribution < 1.29 is 27.5 Å². The summed E-state index contributed by atoms with van der Waals surface area (Å²) in [5.41, 5.74) is 0. The minimum absolute atomic E-state index is 0.00149. The van der Waals surface area contributed by atoms with Crippen molar-refractivity contribution in [1.82, 2.24) is 15.1 Å². The van der Waals surface area contributed by atoms with Crippen LogP contribution in [0, 0.1) is 0 Å². The second-order valence-electron chi connectivity index (χ2n) is 5.82. The van der Waals surface area contributed by atoms with Crippen molar-refractivity contribution in [2.24, 2.45) is 0 Å². The molecule has 2 saturated heterocycles. The standard InChI is InChI=1S/C14H22F3N3O3/c15-14(16,17)10-23-7-3-12(21)19-5-1-2-11(9-19)20-6-4-18-8-13(20)22/h11,18H,1-10H2. The van der Waals surface area contributed by atoms with Crippen LogP contribution in [-0.2, 0) is 14.3 Å². The third-order valence-electron chi connectivity index (χ3n) is 4.04. The fraction of sp³-hybridized carbons (Fsp3) is 0.857. The average molecular weight is 337 g/mol. The number of likely N-dealkylation sites (tertiary alicyclic amines) is 1. The molecule has 132 valence electrons. The molecule has 0 aromatic rings. The molecule has 0 bridgehead atoms. The SMILES string of the molecule is O=C(CCOCC(F)(F)F)N1CCCC(N2CCNCC2=O)C1. The predicted octanol–water partition coefficient (Wildman–Crippen LogP) is 0.378. The summed E-state index contributed by atoms with van der Waals surface area (Å²) in [4.78, 5) is 27.4. The Kier molecular flexibility index (Phi) is 6.23. The summed E-state index contributed by atoms with van der Waals surface area (Å²) in [6.45, 7) is 1.13. The van der Waals surface area contributed by atoms with Gasteiger partial charge in [0.25, 0.3) is 0 Å². The minimum Gasteiger partial charge on any atom is -0.372 e. The van der Waals surface area contributed by atoms with Gasteiger partial charge >= 0.3 is 6.18 Å². The number of hydrogen-bond acceptors (Lipinski definition) is 4. The lowest BCUT2D eigenvalue weighted by Crippen LogP contribution is -2.57. The maximum absolute atomic E-state index is 12.1. The van der Waals surface area contributed by atoms with Crippen LogP contribution in [0.2, 0.25) is 0 Å². The van der Waals surface area contributed by atoms with Gasteiger partial charge in [-0.3, -0.25) is 9.59 Å². The molecule has 0 spiro atoms. The van der Waals surface area contributed by atoms with E-state index in [2.05, 4.69) is 10.1 Å². The van der Waals surface area contributed by atoms with Gasteiger partial charge in [-0.1, -0.05) is 0 Å². The molecule has 0 radical (unpaired) electrons. The Hall–Kier alpha value is -1.35. The highest BCUT2D eigenvalue weighted by atomic mass is 19.4. The summed E-state index contributed by atoms with van der Waals surface area (Å²) in [5.74, 6) is -0.191. The molecule has 0 saturated carbocycles. The first-order valence-electron chi connectivity index (χ1n) is 7.79. The number of alkyl halides is 3. The lowest BCUT2D eigenvalue weighted by atomic mass is 10.0. The van der Waals surface area contributed by atoms with Crippen molar-refractivity contribution in [2.75, 3.05) is 45.9 Å². The Morgan fingerprint density at radius 2 is 2.13 bits per heavy atom. The Labute approximate surface area is 132 Å². The highest BCUT2D eigenvalue weighted by Crippen LogP contribution is 2.18. The van der Waals surface area contributed by atoms with E-state index in [-0.39, 0.29) is 30.9 Å². The molecule has 1 N–H and O–H groups in total. The number of halogens is 3. The van der Waals surface area contributed by atoms with Crippen LogP contribution in [0.1, 0.15) is 19.3 Å². The van der Waals surface area contributed by atoms with Gasteiger partial charge in [0.15, 0.2) is 0 Å². The van der Waals surface area contributed by atoms with Crippen LogP contribution in [0.5, 0.6) is 0 Å². The van der Waals surface area contributed by atoms with E-state index in [1.165, 1.54) is 0 Å². The van der Waals surface area contributed by atoms with Crippen molar-refractivity contribution >= 4 is 11.8 Å². The Morgan fingerprint density at radius 3 is 2.83 bits per heavy atom. The number of piperazine rings is 1. The minimum atomic E-state index is -4.37. The highest BCUT2D eigenvalue weighted by molar-refractivity contribution is 5.80. The van der Waals surface area contributed by atoms with Crippen LogP contribution in [-0.4, -0.2) is 79.8 Å². The molecule has 0 aromatic heterocycles. The van der Waals surface area contributed by atoms with Gasteiger partial charge in [-0.05, 0) is 12.8 Å². The maximum atomic E-state index is 12.1. The quantitative estimate of drug-likeness (QED) is 0.737. The van der Waals surface area contributed by atoms with E-state index >= 15 is 0 Å². The first kappa shape index (κ1) is 18.0. The fourth-order valence-corrected chi connectivity index (χ4v) is 2.95. The van der Waals surface area contributed by atoms with Crippen LogP contribution in [0.25, 0.3) is 0 Å². The molecule has 2 fully saturated rings. The molecule has 2 aliphatic heterocycles. The van der Waals surface area contributed by atoms with E-state index in [1.54, 1.807) is 9.80 Å². The molecule has 0 aliphatic carbocycles. The number of rotatable bonds is 5. The number of piperidine rings is 1. The normalized spacial score (nSPS) is 23.3. The number of hydrogen-bond donors (Lipinski definition) is 1. The molecule has 2 rings (SSSR count). The number of carbonyl (C=O) groups excluding carboxylic acids is 2. The molecular formula is C14H22F3N3O3. The number of carbonyl (C=O) groups is 2. The van der Waals surface area contributed by atoms with Crippen LogP contribution in [0.3, 0.4) is 0 Å². The van der Waals surface area contributed by atoms with E-state index in [0.29, 0.717) is 26.2 Å². The van der Waals surface area contributed by atoms with E-state index < -0.39 is 12.8 Å². The molecule has 2 heterocycles. The van der Waals surface area contributed by atoms with Gasteiger partial charge in [0.1, 0.15) is 6.61 Å². The summed E-state index contributed by atoms with van der Waals surface area (Å²) >= 11 is 0. The summed E-state index contributed by atoms with van der Waals surface area (Å²) in [6.07, 6.45) is -2.81. The third kappa shape index (κ3) is 5.65. The van der Waals surface area contributed by atoms with E-state index in [9.17, 15) is 22.8 Å². The molecule has 0 aromatic carbocycles. The van der Waals surface area contributed by atoms with E-state index in [0.717, 1.165) is 19.4 Å². The largest absolute Gasteiger partial charge is 0.411 e. The average Bonchev–Trinajstić information content (AvgIpc) is 2.51. The Morgan fingerprint density at radius 1 is 1.35 bits per heavy atom. The summed E-state index contributed by atoms with van der Waals surface area (Å²) in [5, 5.41) is 3.00. The number of nitrogens with zero attached hydrogens (tertiary/aromatic N) is 2. The first-order valence-corrected chi connectivity index (χ1v) is 7.79. The van der Waals surface area contributed by atoms with Gasteiger partial charge in [0.2, 0.25) is 11.8 Å². The van der Waals surface area contributed by atoms with Gasteiger partial charge in [0, 0.05) is 32.2 Å². The maximum Gasteiger partial charge on any atom is 0.411 e. The molecule has 1 unspecified atom stereocenters. The van der Waals surface area contributed by atoms with Crippen molar-refractivity contribution in [3.05, 3.63) is 0 Å². The van der Waals surface area contributed by atoms with Gasteiger partial charge < -0.3 is 19.9 Å². The fourth-order valence-electron chi connectivity index (χ4n) is 2.95. The molecule has 23 heavy (non-hydrogen) atoms. The zero-order valence-corrected chi connectivity index (χ0v) is 12.9. The lowest BCUT2D eigenvalue weighted by molar-refractivity contribution is -0.175. The van der Waals surface area contributed by atoms with Gasteiger partial charge in [-0.15, -0.1) is 0 Å². The molecule has 9 heteroatoms. The molecular weight excluding hydrogens is 315 g/mol. The Bertz CT molecular complexity index is 431. The first-order chi connectivity index (χ1) is 10.9. The monoisotopic (exact) mass is 337 g/mol. The van der Waals surface area contributed by atoms with Crippen molar-refractivity contribution in [3.63, 3.8) is 0 Å². The highest BCUT2D eigenvalue weighted by Gasteiger charge is 2.32. The van der Waals surface area contributed by atoms with E-state index in [4.69, 9.17) is 0 Å². The zero-order valence-electron chi connectivity index (χ0n) is 12.9. The van der Waals surface area contributed by atoms with Gasteiger partial charge in [-0.2, -0.15) is 13.2 Å². The predicted molar refractivity (Wildman–Crippen MR) is 75.7 cm³/mol. The molecule has 2 aliphatic rings. The van der Waals surface area contributed by atoms with Crippen molar-refractivity contribution in [2.45, 2.75) is 31.5 Å². The van der Waals surface area contributed by atoms with Crippen LogP contribution in [0.15, 0.2) is 0 Å². The second-order valence-corrected chi connectivity index (χ2v) is 5.82. The van der Waals surface area contributed by atoms with Crippen LogP contribution >= 0.6 is 0 Å². The van der Waals surface area contributed by atoms with Crippen molar-refractivity contribution in [3.8, 4) is 0 Å². The second kappa shape index (κ2) is 7.96. The summed E-state index contributed by atoms with van der Waals surface area (Å²) < 4.78 is 40.4. The smallest absolute Gasteiger partial charge is 0.372 e. The third-order valence-corrected chi connectivity index (χ3v) is 4.04. The number of nitrogens with one attached hydrogen (secondary N) is 1. The Balaban J connectivity index is 1.76. The number of ether oxygens (including phenoxy) is 1. The van der Waals surface area contributed by atoms with E-state index in [1.807, 2.05) is 0 Å².